The zero-order valence-electron chi connectivity index (χ0n) is 13.3. The molecular weight excluding hydrogens is 278 g/mol. The summed E-state index contributed by atoms with van der Waals surface area (Å²) in [6.07, 6.45) is 6.26. The SMILES string of the molecule is CC(C)(C)[C@H](N)C(=O)Nc1ccn(CCc2ccncc2)n1. The van der Waals surface area contributed by atoms with Crippen LogP contribution in [0.5, 0.6) is 0 Å². The Bertz CT molecular complexity index is 615. The third-order valence-electron chi connectivity index (χ3n) is 3.49. The fraction of sp³-hybridized carbons (Fsp3) is 0.438. The molecule has 118 valence electrons. The van der Waals surface area contributed by atoms with Crippen LogP contribution in [0, 0.1) is 5.41 Å². The van der Waals surface area contributed by atoms with Crippen LogP contribution < -0.4 is 11.1 Å². The van der Waals surface area contributed by atoms with Crippen molar-refractivity contribution in [1.29, 1.82) is 0 Å². The number of nitrogens with one attached hydrogen (secondary N) is 1. The van der Waals surface area contributed by atoms with Crippen LogP contribution in [0.25, 0.3) is 0 Å². The molecule has 0 aliphatic heterocycles. The molecule has 6 nitrogen and oxygen atoms in total. The van der Waals surface area contributed by atoms with Gasteiger partial charge in [0.25, 0.3) is 0 Å². The molecule has 2 heterocycles. The third kappa shape index (κ3) is 4.39. The Balaban J connectivity index is 1.90. The topological polar surface area (TPSA) is 85.8 Å². The molecule has 3 N–H and O–H groups in total. The summed E-state index contributed by atoms with van der Waals surface area (Å²) in [4.78, 5) is 16.0. The first kappa shape index (κ1) is 16.2. The van der Waals surface area contributed by atoms with E-state index in [1.807, 2.05) is 39.1 Å². The molecule has 1 amide bonds. The summed E-state index contributed by atoms with van der Waals surface area (Å²) in [7, 11) is 0. The number of pyridine rings is 1. The van der Waals surface area contributed by atoms with Crippen LogP contribution >= 0.6 is 0 Å². The molecule has 1 atom stereocenters. The zero-order chi connectivity index (χ0) is 16.2. The minimum Gasteiger partial charge on any atom is -0.319 e. The number of anilines is 1. The van der Waals surface area contributed by atoms with Crippen molar-refractivity contribution in [3.05, 3.63) is 42.4 Å². The number of aryl methyl sites for hydroxylation is 2. The van der Waals surface area contributed by atoms with E-state index in [0.29, 0.717) is 5.82 Å². The number of aromatic nitrogens is 3. The van der Waals surface area contributed by atoms with Gasteiger partial charge in [0.15, 0.2) is 5.82 Å². The summed E-state index contributed by atoms with van der Waals surface area (Å²) >= 11 is 0. The fourth-order valence-corrected chi connectivity index (χ4v) is 1.94. The van der Waals surface area contributed by atoms with E-state index in [4.69, 9.17) is 5.73 Å². The van der Waals surface area contributed by atoms with Crippen molar-refractivity contribution in [2.75, 3.05) is 5.32 Å². The number of amides is 1. The number of hydrogen-bond donors (Lipinski definition) is 2. The van der Waals surface area contributed by atoms with E-state index in [0.717, 1.165) is 13.0 Å². The standard InChI is InChI=1S/C16H23N5O/c1-16(2,3)14(17)15(22)19-13-7-11-21(20-13)10-6-12-4-8-18-9-5-12/h4-5,7-9,11,14H,6,10,17H2,1-3H3,(H,19,20,22)/t14-/m1/s1. The molecule has 2 aromatic rings. The van der Waals surface area contributed by atoms with Gasteiger partial charge in [0.05, 0.1) is 6.04 Å². The summed E-state index contributed by atoms with van der Waals surface area (Å²) in [5, 5.41) is 7.10. The highest BCUT2D eigenvalue weighted by molar-refractivity contribution is 5.94. The van der Waals surface area contributed by atoms with Gasteiger partial charge in [-0.05, 0) is 29.5 Å². The van der Waals surface area contributed by atoms with Gasteiger partial charge in [0.1, 0.15) is 0 Å². The van der Waals surface area contributed by atoms with Crippen LogP contribution in [0.15, 0.2) is 36.8 Å². The highest BCUT2D eigenvalue weighted by Gasteiger charge is 2.27. The van der Waals surface area contributed by atoms with Gasteiger partial charge >= 0.3 is 0 Å². The third-order valence-corrected chi connectivity index (χ3v) is 3.49. The molecule has 0 fully saturated rings. The van der Waals surface area contributed by atoms with E-state index < -0.39 is 6.04 Å². The number of hydrogen-bond acceptors (Lipinski definition) is 4. The first-order chi connectivity index (χ1) is 10.4. The van der Waals surface area contributed by atoms with Crippen LogP contribution in [0.4, 0.5) is 5.82 Å². The zero-order valence-corrected chi connectivity index (χ0v) is 13.3. The molecule has 6 heteroatoms. The summed E-state index contributed by atoms with van der Waals surface area (Å²) < 4.78 is 1.80. The highest BCUT2D eigenvalue weighted by Crippen LogP contribution is 2.18. The van der Waals surface area contributed by atoms with Crippen molar-refractivity contribution in [3.8, 4) is 0 Å². The first-order valence-corrected chi connectivity index (χ1v) is 7.35. The molecule has 0 aromatic carbocycles. The minimum atomic E-state index is -0.575. The van der Waals surface area contributed by atoms with E-state index >= 15 is 0 Å². The Hall–Kier alpha value is -2.21. The average Bonchev–Trinajstić information content (AvgIpc) is 2.92. The molecular formula is C16H23N5O. The molecule has 2 rings (SSSR count). The molecule has 0 aliphatic carbocycles. The molecule has 0 aliphatic rings. The van der Waals surface area contributed by atoms with E-state index in [9.17, 15) is 4.79 Å². The van der Waals surface area contributed by atoms with Gasteiger partial charge in [-0.25, -0.2) is 0 Å². The lowest BCUT2D eigenvalue weighted by Crippen LogP contribution is -2.45. The smallest absolute Gasteiger partial charge is 0.243 e. The Morgan fingerprint density at radius 3 is 2.64 bits per heavy atom. The van der Waals surface area contributed by atoms with Crippen molar-refractivity contribution in [2.45, 2.75) is 39.8 Å². The van der Waals surface area contributed by atoms with Crippen LogP contribution in [0.3, 0.4) is 0 Å². The maximum Gasteiger partial charge on any atom is 0.243 e. The van der Waals surface area contributed by atoms with Crippen molar-refractivity contribution in [2.24, 2.45) is 11.1 Å². The van der Waals surface area contributed by atoms with Crippen LogP contribution in [0.1, 0.15) is 26.3 Å². The van der Waals surface area contributed by atoms with Gasteiger partial charge in [0.2, 0.25) is 5.91 Å². The van der Waals surface area contributed by atoms with Crippen molar-refractivity contribution >= 4 is 11.7 Å². The maximum absolute atomic E-state index is 12.1. The first-order valence-electron chi connectivity index (χ1n) is 7.35. The van der Waals surface area contributed by atoms with E-state index in [2.05, 4.69) is 15.4 Å². The van der Waals surface area contributed by atoms with Crippen LogP contribution in [-0.4, -0.2) is 26.7 Å². The van der Waals surface area contributed by atoms with Gasteiger partial charge in [-0.2, -0.15) is 5.10 Å². The summed E-state index contributed by atoms with van der Waals surface area (Å²) in [6, 6.07) is 5.16. The molecule has 0 bridgehead atoms. The second-order valence-corrected chi connectivity index (χ2v) is 6.40. The van der Waals surface area contributed by atoms with Gasteiger partial charge in [-0.15, -0.1) is 0 Å². The van der Waals surface area contributed by atoms with Crippen LogP contribution in [-0.2, 0) is 17.8 Å². The Labute approximate surface area is 130 Å². The van der Waals surface area contributed by atoms with Crippen molar-refractivity contribution in [1.82, 2.24) is 14.8 Å². The van der Waals surface area contributed by atoms with E-state index in [1.165, 1.54) is 5.56 Å². The number of rotatable bonds is 5. The van der Waals surface area contributed by atoms with Crippen LogP contribution in [0.2, 0.25) is 0 Å². The summed E-state index contributed by atoms with van der Waals surface area (Å²) in [6.45, 7) is 6.55. The average molecular weight is 301 g/mol. The monoisotopic (exact) mass is 301 g/mol. The summed E-state index contributed by atoms with van der Waals surface area (Å²) in [5.74, 6) is 0.311. The number of nitrogens with two attached hydrogens (primary N) is 1. The summed E-state index contributed by atoms with van der Waals surface area (Å²) in [5.41, 5.74) is 6.85. The quantitative estimate of drug-likeness (QED) is 0.882. The lowest BCUT2D eigenvalue weighted by Gasteiger charge is -2.25. The molecule has 22 heavy (non-hydrogen) atoms. The normalized spacial score (nSPS) is 12.9. The highest BCUT2D eigenvalue weighted by atomic mass is 16.2. The van der Waals surface area contributed by atoms with Gasteiger partial charge in [0, 0.05) is 31.2 Å². The molecule has 0 unspecified atom stereocenters. The number of carbonyl (C=O) groups excluding carboxylic acids is 1. The minimum absolute atomic E-state index is 0.216. The predicted molar refractivity (Wildman–Crippen MR) is 86.2 cm³/mol. The van der Waals surface area contributed by atoms with E-state index in [1.54, 1.807) is 23.1 Å². The maximum atomic E-state index is 12.1. The Kier molecular flexibility index (Phi) is 4.92. The predicted octanol–water partition coefficient (Wildman–Crippen LogP) is 1.83. The largest absolute Gasteiger partial charge is 0.319 e. The molecule has 0 saturated carbocycles. The molecule has 0 saturated heterocycles. The lowest BCUT2D eigenvalue weighted by molar-refractivity contribution is -0.119. The van der Waals surface area contributed by atoms with Crippen molar-refractivity contribution in [3.63, 3.8) is 0 Å². The second-order valence-electron chi connectivity index (χ2n) is 6.40. The molecule has 0 radical (unpaired) electrons. The van der Waals surface area contributed by atoms with Gasteiger partial charge in [-0.1, -0.05) is 20.8 Å². The lowest BCUT2D eigenvalue weighted by atomic mass is 9.87. The van der Waals surface area contributed by atoms with Gasteiger partial charge < -0.3 is 11.1 Å². The second kappa shape index (κ2) is 6.70. The number of carbonyl (C=O) groups is 1. The van der Waals surface area contributed by atoms with E-state index in [-0.39, 0.29) is 11.3 Å². The number of nitrogens with zero attached hydrogens (tertiary/aromatic N) is 3. The Morgan fingerprint density at radius 1 is 1.32 bits per heavy atom. The van der Waals surface area contributed by atoms with Crippen molar-refractivity contribution < 1.29 is 4.79 Å². The molecule has 0 spiro atoms. The molecule has 2 aromatic heterocycles. The Morgan fingerprint density at radius 2 is 2.00 bits per heavy atom. The van der Waals surface area contributed by atoms with Gasteiger partial charge in [-0.3, -0.25) is 14.5 Å². The fourth-order valence-electron chi connectivity index (χ4n) is 1.94.